The van der Waals surface area contributed by atoms with E-state index >= 15 is 0 Å². The minimum absolute atomic E-state index is 0.0955. The Labute approximate surface area is 155 Å². The lowest BCUT2D eigenvalue weighted by Gasteiger charge is -2.50. The smallest absolute Gasteiger partial charge is 0.0718 e. The Balaban J connectivity index is 1.41. The van der Waals surface area contributed by atoms with Crippen LogP contribution in [0.25, 0.3) is 0 Å². The Morgan fingerprint density at radius 3 is 2.96 bits per heavy atom. The summed E-state index contributed by atoms with van der Waals surface area (Å²) in [5.41, 5.74) is 2.40. The van der Waals surface area contributed by atoms with Crippen LogP contribution in [0.1, 0.15) is 30.5 Å². The molecule has 4 rings (SSSR count). The van der Waals surface area contributed by atoms with E-state index in [-0.39, 0.29) is 5.41 Å². The number of pyridine rings is 2. The summed E-state index contributed by atoms with van der Waals surface area (Å²) in [5, 5.41) is 0. The molecule has 2 aromatic rings. The van der Waals surface area contributed by atoms with E-state index in [4.69, 9.17) is 9.47 Å². The molecule has 4 heterocycles. The quantitative estimate of drug-likeness (QED) is 0.799. The SMILES string of the molecule is c1ccc(CN2CC[C@@H]3OCCC[C@]3(COCc3ccncc3)C2)nc1. The first-order valence-electron chi connectivity index (χ1n) is 9.55. The van der Waals surface area contributed by atoms with Gasteiger partial charge in [0.2, 0.25) is 0 Å². The first-order valence-corrected chi connectivity index (χ1v) is 9.55. The van der Waals surface area contributed by atoms with Gasteiger partial charge in [-0.25, -0.2) is 0 Å². The molecule has 138 valence electrons. The van der Waals surface area contributed by atoms with Gasteiger partial charge in [-0.3, -0.25) is 14.9 Å². The van der Waals surface area contributed by atoms with Crippen molar-refractivity contribution in [2.45, 2.75) is 38.5 Å². The number of hydrogen-bond donors (Lipinski definition) is 0. The van der Waals surface area contributed by atoms with Gasteiger partial charge in [0.25, 0.3) is 0 Å². The first-order chi connectivity index (χ1) is 12.8. The fourth-order valence-corrected chi connectivity index (χ4v) is 4.30. The van der Waals surface area contributed by atoms with Crippen LogP contribution in [0, 0.1) is 5.41 Å². The van der Waals surface area contributed by atoms with Gasteiger partial charge in [-0.05, 0) is 49.1 Å². The fourth-order valence-electron chi connectivity index (χ4n) is 4.30. The number of fused-ring (bicyclic) bond motifs is 1. The van der Waals surface area contributed by atoms with Crippen molar-refractivity contribution in [3.8, 4) is 0 Å². The highest BCUT2D eigenvalue weighted by atomic mass is 16.5. The van der Waals surface area contributed by atoms with E-state index in [1.54, 1.807) is 0 Å². The van der Waals surface area contributed by atoms with E-state index in [1.807, 2.05) is 36.8 Å². The van der Waals surface area contributed by atoms with E-state index in [9.17, 15) is 0 Å². The molecule has 2 fully saturated rings. The number of aromatic nitrogens is 2. The normalized spacial score (nSPS) is 26.4. The molecular weight excluding hydrogens is 326 g/mol. The lowest BCUT2D eigenvalue weighted by atomic mass is 9.73. The lowest BCUT2D eigenvalue weighted by Crippen LogP contribution is -2.56. The van der Waals surface area contributed by atoms with Crippen molar-refractivity contribution < 1.29 is 9.47 Å². The second-order valence-corrected chi connectivity index (χ2v) is 7.49. The zero-order valence-corrected chi connectivity index (χ0v) is 15.2. The molecule has 2 aromatic heterocycles. The van der Waals surface area contributed by atoms with Crippen LogP contribution in [0.5, 0.6) is 0 Å². The third-order valence-corrected chi connectivity index (χ3v) is 5.59. The Kier molecular flexibility index (Phi) is 5.58. The number of likely N-dealkylation sites (tertiary alicyclic amines) is 1. The minimum Gasteiger partial charge on any atom is -0.377 e. The van der Waals surface area contributed by atoms with Crippen molar-refractivity contribution in [2.24, 2.45) is 5.41 Å². The summed E-state index contributed by atoms with van der Waals surface area (Å²) in [7, 11) is 0. The zero-order chi connectivity index (χ0) is 17.7. The van der Waals surface area contributed by atoms with Crippen LogP contribution in [0.15, 0.2) is 48.9 Å². The highest BCUT2D eigenvalue weighted by molar-refractivity contribution is 5.08. The van der Waals surface area contributed by atoms with E-state index in [0.29, 0.717) is 12.7 Å². The van der Waals surface area contributed by atoms with Crippen LogP contribution in [-0.4, -0.2) is 47.3 Å². The standard InChI is InChI=1S/C21H27N3O2/c1-2-9-23-19(4-1)14-24-12-7-20-21(16-24,8-3-13-26-20)17-25-15-18-5-10-22-11-6-18/h1-2,4-6,9-11,20H,3,7-8,12-17H2/t20-,21+/m0/s1. The van der Waals surface area contributed by atoms with E-state index in [1.165, 1.54) is 12.0 Å². The van der Waals surface area contributed by atoms with Crippen LogP contribution in [-0.2, 0) is 22.6 Å². The van der Waals surface area contributed by atoms with Gasteiger partial charge >= 0.3 is 0 Å². The molecule has 0 radical (unpaired) electrons. The van der Waals surface area contributed by atoms with E-state index < -0.39 is 0 Å². The minimum atomic E-state index is 0.0955. The van der Waals surface area contributed by atoms with Gasteiger partial charge in [-0.1, -0.05) is 6.07 Å². The second kappa shape index (κ2) is 8.25. The summed E-state index contributed by atoms with van der Waals surface area (Å²) >= 11 is 0. The fraction of sp³-hybridized carbons (Fsp3) is 0.524. The third-order valence-electron chi connectivity index (χ3n) is 5.59. The maximum Gasteiger partial charge on any atom is 0.0718 e. The molecule has 5 nitrogen and oxygen atoms in total. The molecule has 2 aliphatic heterocycles. The van der Waals surface area contributed by atoms with Gasteiger partial charge in [0.05, 0.1) is 25.0 Å². The molecule has 0 unspecified atom stereocenters. The highest BCUT2D eigenvalue weighted by Gasteiger charge is 2.46. The largest absolute Gasteiger partial charge is 0.377 e. The van der Waals surface area contributed by atoms with Crippen molar-refractivity contribution in [1.82, 2.24) is 14.9 Å². The molecule has 2 atom stereocenters. The van der Waals surface area contributed by atoms with Gasteiger partial charge in [-0.15, -0.1) is 0 Å². The molecule has 5 heteroatoms. The van der Waals surface area contributed by atoms with Crippen LogP contribution in [0.2, 0.25) is 0 Å². The van der Waals surface area contributed by atoms with Crippen LogP contribution in [0.3, 0.4) is 0 Å². The average molecular weight is 353 g/mol. The van der Waals surface area contributed by atoms with Crippen molar-refractivity contribution in [3.63, 3.8) is 0 Å². The highest BCUT2D eigenvalue weighted by Crippen LogP contribution is 2.40. The Bertz CT molecular complexity index is 682. The monoisotopic (exact) mass is 353 g/mol. The second-order valence-electron chi connectivity index (χ2n) is 7.49. The molecule has 0 spiro atoms. The molecular formula is C21H27N3O2. The molecule has 0 bridgehead atoms. The number of rotatable bonds is 6. The summed E-state index contributed by atoms with van der Waals surface area (Å²) in [6, 6.07) is 10.2. The van der Waals surface area contributed by atoms with Crippen LogP contribution < -0.4 is 0 Å². The Morgan fingerprint density at radius 1 is 1.19 bits per heavy atom. The molecule has 0 aliphatic carbocycles. The van der Waals surface area contributed by atoms with Crippen LogP contribution in [0.4, 0.5) is 0 Å². The summed E-state index contributed by atoms with van der Waals surface area (Å²) < 4.78 is 12.3. The van der Waals surface area contributed by atoms with Crippen molar-refractivity contribution in [1.29, 1.82) is 0 Å². The van der Waals surface area contributed by atoms with Crippen molar-refractivity contribution >= 4 is 0 Å². The summed E-state index contributed by atoms with van der Waals surface area (Å²) in [6.07, 6.45) is 9.19. The number of ether oxygens (including phenoxy) is 2. The molecule has 0 N–H and O–H groups in total. The maximum absolute atomic E-state index is 6.17. The predicted octanol–water partition coefficient (Wildman–Crippen LogP) is 3.06. The van der Waals surface area contributed by atoms with E-state index in [0.717, 1.165) is 51.4 Å². The zero-order valence-electron chi connectivity index (χ0n) is 15.2. The number of piperidine rings is 1. The van der Waals surface area contributed by atoms with Crippen LogP contribution >= 0.6 is 0 Å². The lowest BCUT2D eigenvalue weighted by molar-refractivity contribution is -0.155. The van der Waals surface area contributed by atoms with Gasteiger partial charge in [0.15, 0.2) is 0 Å². The summed E-state index contributed by atoms with van der Waals surface area (Å²) in [5.74, 6) is 0. The average Bonchev–Trinajstić information content (AvgIpc) is 2.69. The molecule has 2 saturated heterocycles. The van der Waals surface area contributed by atoms with Gasteiger partial charge in [0, 0.05) is 50.2 Å². The molecule has 2 aliphatic rings. The van der Waals surface area contributed by atoms with Gasteiger partial charge < -0.3 is 9.47 Å². The predicted molar refractivity (Wildman–Crippen MR) is 99.4 cm³/mol. The summed E-state index contributed by atoms with van der Waals surface area (Å²) in [4.78, 5) is 11.1. The van der Waals surface area contributed by atoms with Gasteiger partial charge in [-0.2, -0.15) is 0 Å². The van der Waals surface area contributed by atoms with Crippen molar-refractivity contribution in [3.05, 3.63) is 60.2 Å². The molecule has 26 heavy (non-hydrogen) atoms. The van der Waals surface area contributed by atoms with Crippen molar-refractivity contribution in [2.75, 3.05) is 26.3 Å². The Hall–Kier alpha value is -1.82. The number of nitrogens with zero attached hydrogens (tertiary/aromatic N) is 3. The third kappa shape index (κ3) is 4.11. The summed E-state index contributed by atoms with van der Waals surface area (Å²) in [6.45, 7) is 5.25. The molecule has 0 saturated carbocycles. The molecule has 0 amide bonds. The first kappa shape index (κ1) is 17.6. The Morgan fingerprint density at radius 2 is 2.12 bits per heavy atom. The maximum atomic E-state index is 6.17. The van der Waals surface area contributed by atoms with E-state index in [2.05, 4.69) is 27.0 Å². The number of hydrogen-bond acceptors (Lipinski definition) is 5. The van der Waals surface area contributed by atoms with Gasteiger partial charge in [0.1, 0.15) is 0 Å². The topological polar surface area (TPSA) is 47.5 Å². The molecule has 0 aromatic carbocycles.